The zero-order chi connectivity index (χ0) is 22.6. The van der Waals surface area contributed by atoms with E-state index in [2.05, 4.69) is 20.8 Å². The van der Waals surface area contributed by atoms with Crippen molar-refractivity contribution in [1.82, 2.24) is 0 Å². The summed E-state index contributed by atoms with van der Waals surface area (Å²) in [6, 6.07) is 0. The van der Waals surface area contributed by atoms with E-state index in [9.17, 15) is 14.4 Å². The number of fused-ring (bicyclic) bond motifs is 5. The minimum absolute atomic E-state index is 0.0518. The SMILES string of the molecule is CC(C)OC(=O)CC[C@@H](C)[C@H]1CCC2C3C(=O)CC4CC(=O)CC[C@]4(C)C3CC[C@@]21C. The van der Waals surface area contributed by atoms with E-state index in [1.165, 1.54) is 12.8 Å². The zero-order valence-electron chi connectivity index (χ0n) is 20.2. The quantitative estimate of drug-likeness (QED) is 0.520. The van der Waals surface area contributed by atoms with Crippen LogP contribution in [0.4, 0.5) is 0 Å². The van der Waals surface area contributed by atoms with E-state index in [0.717, 1.165) is 25.7 Å². The van der Waals surface area contributed by atoms with Gasteiger partial charge in [0.1, 0.15) is 11.6 Å². The second kappa shape index (κ2) is 8.30. The lowest BCUT2D eigenvalue weighted by Gasteiger charge is -2.59. The molecule has 4 aliphatic rings. The van der Waals surface area contributed by atoms with Crippen LogP contribution in [0.1, 0.15) is 98.8 Å². The highest BCUT2D eigenvalue weighted by Gasteiger charge is 2.63. The smallest absolute Gasteiger partial charge is 0.306 e. The molecule has 0 spiro atoms. The van der Waals surface area contributed by atoms with E-state index in [4.69, 9.17) is 4.74 Å². The van der Waals surface area contributed by atoms with E-state index in [0.29, 0.717) is 60.9 Å². The van der Waals surface area contributed by atoms with E-state index in [-0.39, 0.29) is 34.7 Å². The molecule has 0 N–H and O–H groups in total. The molecule has 0 aromatic carbocycles. The maximum atomic E-state index is 13.4. The number of esters is 1. The van der Waals surface area contributed by atoms with Crippen LogP contribution in [0.25, 0.3) is 0 Å². The molecule has 0 amide bonds. The molecule has 8 atom stereocenters. The molecule has 4 fully saturated rings. The van der Waals surface area contributed by atoms with Crippen LogP contribution in [0, 0.1) is 46.3 Å². The highest BCUT2D eigenvalue weighted by molar-refractivity contribution is 5.86. The van der Waals surface area contributed by atoms with E-state index in [1.807, 2.05) is 13.8 Å². The fourth-order valence-electron chi connectivity index (χ4n) is 8.57. The molecule has 4 nitrogen and oxygen atoms in total. The fourth-order valence-corrected chi connectivity index (χ4v) is 8.57. The van der Waals surface area contributed by atoms with Gasteiger partial charge in [0.15, 0.2) is 0 Å². The molecule has 0 aliphatic heterocycles. The Labute approximate surface area is 188 Å². The minimum Gasteiger partial charge on any atom is -0.463 e. The molecular weight excluding hydrogens is 388 g/mol. The molecule has 0 bridgehead atoms. The number of carbonyl (C=O) groups excluding carboxylic acids is 3. The molecule has 174 valence electrons. The Morgan fingerprint density at radius 2 is 1.71 bits per heavy atom. The Morgan fingerprint density at radius 3 is 2.42 bits per heavy atom. The fraction of sp³-hybridized carbons (Fsp3) is 0.889. The molecule has 0 radical (unpaired) electrons. The summed E-state index contributed by atoms with van der Waals surface area (Å²) < 4.78 is 5.34. The predicted molar refractivity (Wildman–Crippen MR) is 120 cm³/mol. The molecule has 4 saturated carbocycles. The minimum atomic E-state index is -0.0847. The Hall–Kier alpha value is -1.19. The Kier molecular flexibility index (Phi) is 6.15. The molecule has 31 heavy (non-hydrogen) atoms. The van der Waals surface area contributed by atoms with Gasteiger partial charge in [0.25, 0.3) is 0 Å². The van der Waals surface area contributed by atoms with Crippen molar-refractivity contribution < 1.29 is 19.1 Å². The van der Waals surface area contributed by atoms with Crippen molar-refractivity contribution in [2.24, 2.45) is 46.3 Å². The molecule has 4 rings (SSSR count). The van der Waals surface area contributed by atoms with Crippen molar-refractivity contribution >= 4 is 17.5 Å². The summed E-state index contributed by atoms with van der Waals surface area (Å²) in [6.07, 6.45) is 8.89. The Bertz CT molecular complexity index is 742. The monoisotopic (exact) mass is 430 g/mol. The largest absolute Gasteiger partial charge is 0.463 e. The van der Waals surface area contributed by atoms with Crippen LogP contribution in [0.15, 0.2) is 0 Å². The van der Waals surface area contributed by atoms with Crippen LogP contribution in [0.2, 0.25) is 0 Å². The zero-order valence-corrected chi connectivity index (χ0v) is 20.2. The van der Waals surface area contributed by atoms with Crippen molar-refractivity contribution in [3.05, 3.63) is 0 Å². The number of carbonyl (C=O) groups is 3. The first kappa shape index (κ1) is 23.0. The lowest BCUT2D eigenvalue weighted by atomic mass is 9.44. The predicted octanol–water partition coefficient (Wildman–Crippen LogP) is 5.76. The molecule has 0 aromatic rings. The Balaban J connectivity index is 1.48. The van der Waals surface area contributed by atoms with Crippen LogP contribution < -0.4 is 0 Å². The first-order valence-electron chi connectivity index (χ1n) is 12.8. The average Bonchev–Trinajstić information content (AvgIpc) is 3.04. The molecule has 4 aliphatic carbocycles. The normalized spacial score (nSPS) is 43.2. The first-order chi connectivity index (χ1) is 14.6. The van der Waals surface area contributed by atoms with E-state index >= 15 is 0 Å². The van der Waals surface area contributed by atoms with Crippen molar-refractivity contribution in [1.29, 1.82) is 0 Å². The van der Waals surface area contributed by atoms with Gasteiger partial charge in [-0.05, 0) is 92.8 Å². The topological polar surface area (TPSA) is 60.4 Å². The second-order valence-corrected chi connectivity index (χ2v) is 12.1. The third-order valence-corrected chi connectivity index (χ3v) is 10.2. The van der Waals surface area contributed by atoms with Crippen molar-refractivity contribution in [2.75, 3.05) is 0 Å². The van der Waals surface area contributed by atoms with Gasteiger partial charge >= 0.3 is 5.97 Å². The number of ether oxygens (including phenoxy) is 1. The third kappa shape index (κ3) is 3.91. The van der Waals surface area contributed by atoms with Crippen LogP contribution in [-0.4, -0.2) is 23.6 Å². The standard InChI is InChI=1S/C27H42O4/c1-16(2)31-24(30)9-6-17(3)20-7-8-21-25-22(11-13-27(20,21)5)26(4)12-10-19(28)14-18(26)15-23(25)29/h16-18,20-22,25H,6-15H2,1-5H3/t17-,18?,20-,21?,22?,25?,26+,27-/m1/s1. The average molecular weight is 431 g/mol. The summed E-state index contributed by atoms with van der Waals surface area (Å²) in [6.45, 7) is 10.9. The maximum absolute atomic E-state index is 13.4. The molecule has 0 aromatic heterocycles. The third-order valence-electron chi connectivity index (χ3n) is 10.2. The maximum Gasteiger partial charge on any atom is 0.306 e. The van der Waals surface area contributed by atoms with Gasteiger partial charge in [0.2, 0.25) is 0 Å². The molecule has 0 saturated heterocycles. The van der Waals surface area contributed by atoms with Gasteiger partial charge in [-0.1, -0.05) is 20.8 Å². The van der Waals surface area contributed by atoms with Crippen molar-refractivity contribution in [2.45, 2.75) is 105 Å². The number of hydrogen-bond acceptors (Lipinski definition) is 4. The van der Waals surface area contributed by atoms with Gasteiger partial charge in [-0.3, -0.25) is 14.4 Å². The Morgan fingerprint density at radius 1 is 1.00 bits per heavy atom. The van der Waals surface area contributed by atoms with Crippen LogP contribution in [0.3, 0.4) is 0 Å². The van der Waals surface area contributed by atoms with Gasteiger partial charge < -0.3 is 4.74 Å². The van der Waals surface area contributed by atoms with Gasteiger partial charge in [-0.2, -0.15) is 0 Å². The molecule has 4 unspecified atom stereocenters. The van der Waals surface area contributed by atoms with Crippen molar-refractivity contribution in [3.63, 3.8) is 0 Å². The van der Waals surface area contributed by atoms with Gasteiger partial charge in [-0.15, -0.1) is 0 Å². The number of hydrogen-bond donors (Lipinski definition) is 0. The second-order valence-electron chi connectivity index (χ2n) is 12.1. The van der Waals surface area contributed by atoms with Gasteiger partial charge in [0, 0.05) is 31.6 Å². The summed E-state index contributed by atoms with van der Waals surface area (Å²) >= 11 is 0. The van der Waals surface area contributed by atoms with Gasteiger partial charge in [-0.25, -0.2) is 0 Å². The van der Waals surface area contributed by atoms with Crippen LogP contribution in [-0.2, 0) is 19.1 Å². The van der Waals surface area contributed by atoms with E-state index in [1.54, 1.807) is 0 Å². The summed E-state index contributed by atoms with van der Waals surface area (Å²) in [4.78, 5) is 37.6. The number of ketones is 2. The molecule has 4 heteroatoms. The highest BCUT2D eigenvalue weighted by Crippen LogP contribution is 2.67. The first-order valence-corrected chi connectivity index (χ1v) is 12.8. The van der Waals surface area contributed by atoms with E-state index < -0.39 is 0 Å². The van der Waals surface area contributed by atoms with Crippen LogP contribution >= 0.6 is 0 Å². The highest BCUT2D eigenvalue weighted by atomic mass is 16.5. The summed E-state index contributed by atoms with van der Waals surface area (Å²) in [7, 11) is 0. The lowest BCUT2D eigenvalue weighted by molar-refractivity contribution is -0.159. The summed E-state index contributed by atoms with van der Waals surface area (Å²) in [5.74, 6) is 3.18. The molecule has 0 heterocycles. The van der Waals surface area contributed by atoms with Crippen LogP contribution in [0.5, 0.6) is 0 Å². The van der Waals surface area contributed by atoms with Gasteiger partial charge in [0.05, 0.1) is 6.10 Å². The summed E-state index contributed by atoms with van der Waals surface area (Å²) in [5.41, 5.74) is 0.365. The molecular formula is C27H42O4. The number of Topliss-reactive ketones (excluding diaryl/α,β-unsaturated/α-hetero) is 2. The lowest BCUT2D eigenvalue weighted by Crippen LogP contribution is -2.57. The summed E-state index contributed by atoms with van der Waals surface area (Å²) in [5, 5.41) is 0. The van der Waals surface area contributed by atoms with Crippen molar-refractivity contribution in [3.8, 4) is 0 Å². The number of rotatable bonds is 5.